The first-order valence-corrected chi connectivity index (χ1v) is 15.6. The van der Waals surface area contributed by atoms with Gasteiger partial charge >= 0.3 is 5.97 Å². The van der Waals surface area contributed by atoms with Gasteiger partial charge in [0, 0.05) is 46.9 Å². The van der Waals surface area contributed by atoms with Gasteiger partial charge in [0.1, 0.15) is 18.0 Å². The number of ether oxygens (including phenoxy) is 4. The molecule has 1 heterocycles. The lowest BCUT2D eigenvalue weighted by molar-refractivity contribution is -0.138. The quantitative estimate of drug-likeness (QED) is 0.195. The molecule has 2 atom stereocenters. The van der Waals surface area contributed by atoms with Crippen molar-refractivity contribution in [3.63, 3.8) is 0 Å². The number of aliphatic hydroxyl groups excluding tert-OH is 1. The van der Waals surface area contributed by atoms with Crippen LogP contribution >= 0.6 is 11.6 Å². The first-order chi connectivity index (χ1) is 22.5. The molecule has 0 aliphatic carbocycles. The number of nitrogens with one attached hydrogen (secondary N) is 1. The molecule has 1 aliphatic rings. The van der Waals surface area contributed by atoms with Crippen LogP contribution in [0.2, 0.25) is 5.02 Å². The summed E-state index contributed by atoms with van der Waals surface area (Å²) in [5.74, 6) is -0.239. The van der Waals surface area contributed by atoms with Crippen molar-refractivity contribution in [3.8, 4) is 17.2 Å². The summed E-state index contributed by atoms with van der Waals surface area (Å²) in [6.07, 6.45) is -1.87. The van der Waals surface area contributed by atoms with Crippen LogP contribution in [-0.2, 0) is 25.5 Å². The second-order valence-corrected chi connectivity index (χ2v) is 12.4. The predicted octanol–water partition coefficient (Wildman–Crippen LogP) is 4.80. The monoisotopic (exact) mass is 668 g/mol. The van der Waals surface area contributed by atoms with E-state index in [0.717, 1.165) is 0 Å². The standard InChI is InChI=1S/C35H41ClN2O9/c1-35(2,21-39)20-38-27-14-11-23(36)18-26(27)32(25-7-5-8-28(44-3)33(25)45-4)47-29(34(38)43)19-30(40)37-15-6-16-46-24-12-9-22(10-13-24)17-31(41)42/h5,7-14,18,29,32,39H,6,15-17,19-21H2,1-4H3,(H,37,40)(H,41,42)/t29-,32-/m1/s1. The number of carbonyl (C=O) groups is 3. The van der Waals surface area contributed by atoms with E-state index in [1.165, 1.54) is 14.2 Å². The van der Waals surface area contributed by atoms with Crippen molar-refractivity contribution in [3.05, 3.63) is 82.4 Å². The minimum Gasteiger partial charge on any atom is -0.494 e. The molecule has 0 aromatic heterocycles. The molecule has 3 aromatic rings. The van der Waals surface area contributed by atoms with E-state index in [-0.39, 0.29) is 31.9 Å². The number of benzene rings is 3. The molecule has 0 saturated heterocycles. The summed E-state index contributed by atoms with van der Waals surface area (Å²) < 4.78 is 23.5. The van der Waals surface area contributed by atoms with E-state index in [1.807, 2.05) is 19.9 Å². The molecule has 2 amide bonds. The van der Waals surface area contributed by atoms with Crippen molar-refractivity contribution in [1.29, 1.82) is 0 Å². The van der Waals surface area contributed by atoms with E-state index in [9.17, 15) is 19.5 Å². The third-order valence-electron chi connectivity index (χ3n) is 7.70. The van der Waals surface area contributed by atoms with Crippen LogP contribution in [0.1, 0.15) is 49.5 Å². The molecule has 0 unspecified atom stereocenters. The number of para-hydroxylation sites is 1. The Morgan fingerprint density at radius 3 is 2.45 bits per heavy atom. The van der Waals surface area contributed by atoms with Crippen LogP contribution in [0.3, 0.4) is 0 Å². The van der Waals surface area contributed by atoms with Gasteiger partial charge in [-0.05, 0) is 48.4 Å². The summed E-state index contributed by atoms with van der Waals surface area (Å²) in [5, 5.41) is 22.3. The van der Waals surface area contributed by atoms with E-state index < -0.39 is 29.5 Å². The Morgan fingerprint density at radius 1 is 1.04 bits per heavy atom. The van der Waals surface area contributed by atoms with Gasteiger partial charge in [0.05, 0.1) is 33.7 Å². The number of anilines is 1. The molecule has 12 heteroatoms. The van der Waals surface area contributed by atoms with Gasteiger partial charge in [-0.2, -0.15) is 0 Å². The number of hydrogen-bond acceptors (Lipinski definition) is 8. The van der Waals surface area contributed by atoms with Gasteiger partial charge in [-0.15, -0.1) is 0 Å². The Morgan fingerprint density at radius 2 is 1.79 bits per heavy atom. The van der Waals surface area contributed by atoms with Crippen LogP contribution in [-0.4, -0.2) is 74.6 Å². The number of methoxy groups -OCH3 is 2. The molecular formula is C35H41ClN2O9. The van der Waals surface area contributed by atoms with Crippen molar-refractivity contribution in [2.75, 3.05) is 45.4 Å². The van der Waals surface area contributed by atoms with Crippen molar-refractivity contribution in [2.45, 2.75) is 45.3 Å². The number of carboxylic acids is 1. The van der Waals surface area contributed by atoms with Gasteiger partial charge in [0.15, 0.2) is 11.5 Å². The Labute approximate surface area is 279 Å². The van der Waals surface area contributed by atoms with E-state index in [0.29, 0.717) is 64.2 Å². The van der Waals surface area contributed by atoms with Crippen molar-refractivity contribution in [1.82, 2.24) is 5.32 Å². The molecule has 0 saturated carbocycles. The SMILES string of the molecule is COc1cccc([C@H]2O[C@H](CC(=O)NCCCOc3ccc(CC(=O)O)cc3)C(=O)N(CC(C)(C)CO)c3ccc(Cl)cc32)c1OC. The molecule has 0 bridgehead atoms. The number of fused-ring (bicyclic) bond motifs is 1. The summed E-state index contributed by atoms with van der Waals surface area (Å²) in [4.78, 5) is 39.8. The largest absolute Gasteiger partial charge is 0.494 e. The summed E-state index contributed by atoms with van der Waals surface area (Å²) in [6, 6.07) is 17.3. The number of aliphatic carboxylic acids is 1. The highest BCUT2D eigenvalue weighted by molar-refractivity contribution is 6.30. The number of rotatable bonds is 15. The number of amides is 2. The highest BCUT2D eigenvalue weighted by atomic mass is 35.5. The molecule has 0 fully saturated rings. The minimum atomic E-state index is -1.18. The molecule has 3 aromatic carbocycles. The second kappa shape index (κ2) is 16.0. The Bertz CT molecular complexity index is 1560. The maximum absolute atomic E-state index is 14.2. The number of halogens is 1. The minimum absolute atomic E-state index is 0.0653. The van der Waals surface area contributed by atoms with Crippen LogP contribution in [0.25, 0.3) is 0 Å². The van der Waals surface area contributed by atoms with Crippen LogP contribution in [0, 0.1) is 5.41 Å². The van der Waals surface area contributed by atoms with Crippen LogP contribution in [0.15, 0.2) is 60.7 Å². The highest BCUT2D eigenvalue weighted by Crippen LogP contribution is 2.45. The highest BCUT2D eigenvalue weighted by Gasteiger charge is 2.40. The van der Waals surface area contributed by atoms with Crippen LogP contribution < -0.4 is 24.4 Å². The van der Waals surface area contributed by atoms with E-state index in [2.05, 4.69) is 5.32 Å². The maximum Gasteiger partial charge on any atom is 0.307 e. The fourth-order valence-corrected chi connectivity index (χ4v) is 5.49. The lowest BCUT2D eigenvalue weighted by atomic mass is 9.92. The lowest BCUT2D eigenvalue weighted by Gasteiger charge is -2.32. The van der Waals surface area contributed by atoms with Gasteiger partial charge in [-0.3, -0.25) is 14.4 Å². The van der Waals surface area contributed by atoms with Gasteiger partial charge in [0.2, 0.25) is 5.91 Å². The lowest BCUT2D eigenvalue weighted by Crippen LogP contribution is -2.46. The predicted molar refractivity (Wildman–Crippen MR) is 176 cm³/mol. The zero-order chi connectivity index (χ0) is 34.1. The zero-order valence-corrected chi connectivity index (χ0v) is 27.7. The maximum atomic E-state index is 14.2. The molecule has 252 valence electrons. The molecule has 4 rings (SSSR count). The zero-order valence-electron chi connectivity index (χ0n) is 27.0. The average molecular weight is 669 g/mol. The van der Waals surface area contributed by atoms with Gasteiger partial charge < -0.3 is 39.4 Å². The van der Waals surface area contributed by atoms with E-state index >= 15 is 0 Å². The third kappa shape index (κ3) is 9.15. The van der Waals surface area contributed by atoms with E-state index in [4.69, 9.17) is 35.7 Å². The van der Waals surface area contributed by atoms with Crippen LogP contribution in [0.4, 0.5) is 5.69 Å². The molecule has 1 aliphatic heterocycles. The second-order valence-electron chi connectivity index (χ2n) is 12.0. The number of nitrogens with zero attached hydrogens (tertiary/aromatic N) is 1. The summed E-state index contributed by atoms with van der Waals surface area (Å²) in [5.41, 5.74) is 1.74. The molecule has 47 heavy (non-hydrogen) atoms. The van der Waals surface area contributed by atoms with Crippen molar-refractivity contribution < 1.29 is 43.5 Å². The topological polar surface area (TPSA) is 144 Å². The van der Waals surface area contributed by atoms with E-state index in [1.54, 1.807) is 59.5 Å². The summed E-state index contributed by atoms with van der Waals surface area (Å²) >= 11 is 6.48. The normalized spacial score (nSPS) is 16.2. The molecule has 3 N–H and O–H groups in total. The molecule has 11 nitrogen and oxygen atoms in total. The molecular weight excluding hydrogens is 628 g/mol. The van der Waals surface area contributed by atoms with Gasteiger partial charge in [-0.1, -0.05) is 49.7 Å². The number of carbonyl (C=O) groups excluding carboxylic acids is 2. The first kappa shape index (κ1) is 35.5. The number of hydrogen-bond donors (Lipinski definition) is 3. The summed E-state index contributed by atoms with van der Waals surface area (Å²) in [6.45, 7) is 4.29. The Kier molecular flexibility index (Phi) is 12.1. The van der Waals surface area contributed by atoms with Crippen molar-refractivity contribution in [2.24, 2.45) is 5.41 Å². The number of aliphatic hydroxyl groups is 1. The third-order valence-corrected chi connectivity index (χ3v) is 7.93. The smallest absolute Gasteiger partial charge is 0.307 e. The Balaban J connectivity index is 1.53. The van der Waals surface area contributed by atoms with Gasteiger partial charge in [0.25, 0.3) is 5.91 Å². The first-order valence-electron chi connectivity index (χ1n) is 15.2. The van der Waals surface area contributed by atoms with Gasteiger partial charge in [-0.25, -0.2) is 0 Å². The van der Waals surface area contributed by atoms with Crippen molar-refractivity contribution >= 4 is 35.1 Å². The number of carboxylic acid groups (broad SMARTS) is 1. The fraction of sp³-hybridized carbons (Fsp3) is 0.400. The summed E-state index contributed by atoms with van der Waals surface area (Å²) in [7, 11) is 3.04. The van der Waals surface area contributed by atoms with Crippen LogP contribution in [0.5, 0.6) is 17.2 Å². The molecule has 0 radical (unpaired) electrons. The fourth-order valence-electron chi connectivity index (χ4n) is 5.31. The molecule has 0 spiro atoms. The Hall–Kier alpha value is -4.32. The average Bonchev–Trinajstić information content (AvgIpc) is 3.14.